The van der Waals surface area contributed by atoms with Crippen LogP contribution in [-0.4, -0.2) is 32.1 Å². The normalized spacial score (nSPS) is 18.8. The van der Waals surface area contributed by atoms with Crippen LogP contribution in [0, 0.1) is 0 Å². The molecular weight excluding hydrogens is 272 g/mol. The number of rotatable bonds is 5. The van der Waals surface area contributed by atoms with Crippen molar-refractivity contribution in [3.63, 3.8) is 0 Å². The number of ether oxygens (including phenoxy) is 2. The highest BCUT2D eigenvalue weighted by Crippen LogP contribution is 2.29. The summed E-state index contributed by atoms with van der Waals surface area (Å²) in [4.78, 5) is 23.3. The van der Waals surface area contributed by atoms with Crippen molar-refractivity contribution in [1.29, 1.82) is 0 Å². The Hall–Kier alpha value is -2.24. The largest absolute Gasteiger partial charge is 0.497 e. The minimum Gasteiger partial charge on any atom is -0.497 e. The summed E-state index contributed by atoms with van der Waals surface area (Å²) >= 11 is 0. The summed E-state index contributed by atoms with van der Waals surface area (Å²) in [5, 5.41) is 5.55. The van der Waals surface area contributed by atoms with Gasteiger partial charge in [-0.05, 0) is 25.5 Å². The predicted molar refractivity (Wildman–Crippen MR) is 77.3 cm³/mol. The van der Waals surface area contributed by atoms with Gasteiger partial charge in [0.2, 0.25) is 11.8 Å². The van der Waals surface area contributed by atoms with Gasteiger partial charge in [-0.2, -0.15) is 0 Å². The molecule has 2 atom stereocenters. The fourth-order valence-electron chi connectivity index (χ4n) is 2.38. The van der Waals surface area contributed by atoms with Gasteiger partial charge in [-0.3, -0.25) is 9.59 Å². The summed E-state index contributed by atoms with van der Waals surface area (Å²) in [7, 11) is 3.16. The summed E-state index contributed by atoms with van der Waals surface area (Å²) < 4.78 is 10.5. The van der Waals surface area contributed by atoms with Crippen molar-refractivity contribution in [2.45, 2.75) is 31.8 Å². The Kier molecular flexibility index (Phi) is 4.67. The van der Waals surface area contributed by atoms with Crippen molar-refractivity contribution in [2.75, 3.05) is 14.2 Å². The van der Waals surface area contributed by atoms with E-state index in [1.807, 2.05) is 19.1 Å². The summed E-state index contributed by atoms with van der Waals surface area (Å²) in [6.45, 7) is 1.87. The molecule has 0 spiro atoms. The van der Waals surface area contributed by atoms with Gasteiger partial charge in [0.05, 0.1) is 20.3 Å². The molecule has 21 heavy (non-hydrogen) atoms. The van der Waals surface area contributed by atoms with Gasteiger partial charge in [0.25, 0.3) is 0 Å². The van der Waals surface area contributed by atoms with Crippen LogP contribution >= 0.6 is 0 Å². The summed E-state index contributed by atoms with van der Waals surface area (Å²) in [6, 6.07) is 4.78. The van der Waals surface area contributed by atoms with E-state index >= 15 is 0 Å². The number of hydrogen-bond acceptors (Lipinski definition) is 4. The number of carbonyl (C=O) groups is 2. The molecule has 0 radical (unpaired) electrons. The van der Waals surface area contributed by atoms with Crippen LogP contribution in [-0.2, 0) is 9.59 Å². The summed E-state index contributed by atoms with van der Waals surface area (Å²) in [5.74, 6) is 1.09. The molecular formula is C15H20N2O4. The molecule has 2 N–H and O–H groups in total. The summed E-state index contributed by atoms with van der Waals surface area (Å²) in [6.07, 6.45) is 0.940. The van der Waals surface area contributed by atoms with Gasteiger partial charge >= 0.3 is 0 Å². The lowest BCUT2D eigenvalue weighted by atomic mass is 10.1. The van der Waals surface area contributed by atoms with Crippen LogP contribution in [0.2, 0.25) is 0 Å². The van der Waals surface area contributed by atoms with Gasteiger partial charge in [0, 0.05) is 18.1 Å². The molecule has 2 rings (SSSR count). The van der Waals surface area contributed by atoms with Gasteiger partial charge in [-0.15, -0.1) is 0 Å². The van der Waals surface area contributed by atoms with E-state index in [0.717, 1.165) is 5.56 Å². The Morgan fingerprint density at radius 3 is 2.71 bits per heavy atom. The molecule has 0 unspecified atom stereocenters. The van der Waals surface area contributed by atoms with E-state index in [-0.39, 0.29) is 17.9 Å². The van der Waals surface area contributed by atoms with Crippen LogP contribution in [0.5, 0.6) is 11.5 Å². The Morgan fingerprint density at radius 1 is 1.38 bits per heavy atom. The first-order chi connectivity index (χ1) is 10.0. The number of hydrogen-bond donors (Lipinski definition) is 2. The van der Waals surface area contributed by atoms with Crippen LogP contribution in [0.4, 0.5) is 0 Å². The molecule has 0 aliphatic carbocycles. The lowest BCUT2D eigenvalue weighted by molar-refractivity contribution is -0.126. The van der Waals surface area contributed by atoms with E-state index in [2.05, 4.69) is 10.6 Å². The van der Waals surface area contributed by atoms with Gasteiger partial charge in [-0.1, -0.05) is 0 Å². The zero-order valence-electron chi connectivity index (χ0n) is 12.4. The van der Waals surface area contributed by atoms with Crippen molar-refractivity contribution >= 4 is 11.8 Å². The molecule has 2 amide bonds. The van der Waals surface area contributed by atoms with Gasteiger partial charge in [-0.25, -0.2) is 0 Å². The van der Waals surface area contributed by atoms with Gasteiger partial charge < -0.3 is 20.1 Å². The second-order valence-electron chi connectivity index (χ2n) is 5.00. The molecule has 0 bridgehead atoms. The third-order valence-electron chi connectivity index (χ3n) is 3.58. The van der Waals surface area contributed by atoms with Crippen molar-refractivity contribution in [1.82, 2.24) is 10.6 Å². The lowest BCUT2D eigenvalue weighted by Crippen LogP contribution is -2.42. The van der Waals surface area contributed by atoms with Crippen LogP contribution in [0.1, 0.15) is 31.4 Å². The maximum absolute atomic E-state index is 12.1. The van der Waals surface area contributed by atoms with E-state index in [9.17, 15) is 9.59 Å². The molecule has 6 heteroatoms. The van der Waals surface area contributed by atoms with Crippen molar-refractivity contribution < 1.29 is 19.1 Å². The van der Waals surface area contributed by atoms with E-state index in [1.54, 1.807) is 20.3 Å². The molecule has 1 saturated heterocycles. The molecule has 0 saturated carbocycles. The Balaban J connectivity index is 2.07. The minimum atomic E-state index is -0.441. The first-order valence-electron chi connectivity index (χ1n) is 6.86. The van der Waals surface area contributed by atoms with Gasteiger partial charge in [0.15, 0.2) is 0 Å². The molecule has 1 heterocycles. The second-order valence-corrected chi connectivity index (χ2v) is 5.00. The zero-order valence-corrected chi connectivity index (χ0v) is 12.4. The Morgan fingerprint density at radius 2 is 2.14 bits per heavy atom. The predicted octanol–water partition coefficient (Wildman–Crippen LogP) is 1.16. The number of methoxy groups -OCH3 is 2. The van der Waals surface area contributed by atoms with Crippen molar-refractivity contribution in [2.24, 2.45) is 0 Å². The average molecular weight is 292 g/mol. The molecule has 114 valence electrons. The van der Waals surface area contributed by atoms with E-state index in [0.29, 0.717) is 24.3 Å². The van der Waals surface area contributed by atoms with E-state index in [4.69, 9.17) is 9.47 Å². The van der Waals surface area contributed by atoms with Crippen LogP contribution in [0.3, 0.4) is 0 Å². The number of benzene rings is 1. The van der Waals surface area contributed by atoms with Crippen molar-refractivity contribution in [3.05, 3.63) is 23.8 Å². The van der Waals surface area contributed by atoms with Crippen molar-refractivity contribution in [3.8, 4) is 11.5 Å². The quantitative estimate of drug-likeness (QED) is 0.854. The second kappa shape index (κ2) is 6.47. The number of nitrogens with one attached hydrogen (secondary N) is 2. The topological polar surface area (TPSA) is 76.7 Å². The van der Waals surface area contributed by atoms with E-state index in [1.165, 1.54) is 0 Å². The fourth-order valence-corrected chi connectivity index (χ4v) is 2.38. The van der Waals surface area contributed by atoms with Crippen LogP contribution < -0.4 is 20.1 Å². The molecule has 1 aromatic carbocycles. The fraction of sp³-hybridized carbons (Fsp3) is 0.467. The Labute approximate surface area is 123 Å². The molecule has 1 aliphatic rings. The van der Waals surface area contributed by atoms with Gasteiger partial charge in [0.1, 0.15) is 17.5 Å². The zero-order chi connectivity index (χ0) is 15.4. The van der Waals surface area contributed by atoms with Crippen LogP contribution in [0.25, 0.3) is 0 Å². The third kappa shape index (κ3) is 3.45. The average Bonchev–Trinajstić information content (AvgIpc) is 2.93. The van der Waals surface area contributed by atoms with Crippen LogP contribution in [0.15, 0.2) is 18.2 Å². The maximum Gasteiger partial charge on any atom is 0.243 e. The third-order valence-corrected chi connectivity index (χ3v) is 3.58. The molecule has 1 aromatic rings. The monoisotopic (exact) mass is 292 g/mol. The minimum absolute atomic E-state index is 0.0789. The standard InChI is InChI=1S/C15H20N2O4/c1-9(16-15(19)12-6-7-14(18)17-12)11-5-4-10(20-2)8-13(11)21-3/h4-5,8-9,12H,6-7H2,1-3H3,(H,16,19)(H,17,18)/t9-,12+/m1/s1. The lowest BCUT2D eigenvalue weighted by Gasteiger charge is -2.20. The Bertz CT molecular complexity index is 544. The molecule has 6 nitrogen and oxygen atoms in total. The van der Waals surface area contributed by atoms with E-state index < -0.39 is 6.04 Å². The highest BCUT2D eigenvalue weighted by atomic mass is 16.5. The smallest absolute Gasteiger partial charge is 0.243 e. The number of carbonyl (C=O) groups excluding carboxylic acids is 2. The highest BCUT2D eigenvalue weighted by molar-refractivity contribution is 5.90. The summed E-state index contributed by atoms with van der Waals surface area (Å²) in [5.41, 5.74) is 0.857. The molecule has 1 aliphatic heterocycles. The SMILES string of the molecule is COc1ccc([C@@H](C)NC(=O)[C@@H]2CCC(=O)N2)c(OC)c1. The number of amides is 2. The highest BCUT2D eigenvalue weighted by Gasteiger charge is 2.28. The molecule has 0 aromatic heterocycles. The first kappa shape index (κ1) is 15.2. The maximum atomic E-state index is 12.1. The molecule has 1 fully saturated rings. The first-order valence-corrected chi connectivity index (χ1v) is 6.86.